The van der Waals surface area contributed by atoms with Gasteiger partial charge in [0.1, 0.15) is 23.1 Å². The van der Waals surface area contributed by atoms with Gasteiger partial charge < -0.3 is 15.4 Å². The third-order valence-corrected chi connectivity index (χ3v) is 3.42. The first-order chi connectivity index (χ1) is 12.1. The van der Waals surface area contributed by atoms with Crippen molar-refractivity contribution in [1.82, 2.24) is 15.2 Å². The Morgan fingerprint density at radius 2 is 1.84 bits per heavy atom. The number of methoxy groups -OCH3 is 1. The van der Waals surface area contributed by atoms with Gasteiger partial charge in [0.2, 0.25) is 5.95 Å². The van der Waals surface area contributed by atoms with Crippen molar-refractivity contribution in [2.45, 2.75) is 0 Å². The van der Waals surface area contributed by atoms with Crippen LogP contribution in [0.3, 0.4) is 0 Å². The van der Waals surface area contributed by atoms with Crippen LogP contribution in [0.1, 0.15) is 0 Å². The predicted molar refractivity (Wildman–Crippen MR) is 90.8 cm³/mol. The normalized spacial score (nSPS) is 10.4. The van der Waals surface area contributed by atoms with Gasteiger partial charge in [0, 0.05) is 5.02 Å². The van der Waals surface area contributed by atoms with E-state index in [1.165, 1.54) is 19.4 Å². The second-order valence-electron chi connectivity index (χ2n) is 4.86. The predicted octanol–water partition coefficient (Wildman–Crippen LogP) is 4.30. The highest BCUT2D eigenvalue weighted by atomic mass is 35.5. The Kier molecular flexibility index (Phi) is 4.90. The summed E-state index contributed by atoms with van der Waals surface area (Å²) >= 11 is 5.97. The molecule has 3 aromatic rings. The molecule has 9 heteroatoms. The van der Waals surface area contributed by atoms with Crippen LogP contribution in [0.25, 0.3) is 0 Å². The zero-order chi connectivity index (χ0) is 17.8. The lowest BCUT2D eigenvalue weighted by Crippen LogP contribution is -2.05. The monoisotopic (exact) mass is 363 g/mol. The van der Waals surface area contributed by atoms with E-state index in [9.17, 15) is 8.78 Å². The Hall–Kier alpha value is -3.00. The van der Waals surface area contributed by atoms with Crippen LogP contribution >= 0.6 is 11.6 Å². The lowest BCUT2D eigenvalue weighted by atomic mass is 10.3. The molecule has 2 N–H and O–H groups in total. The molecule has 0 fully saturated rings. The number of para-hydroxylation sites is 1. The quantitative estimate of drug-likeness (QED) is 0.704. The second-order valence-corrected chi connectivity index (χ2v) is 5.29. The van der Waals surface area contributed by atoms with E-state index >= 15 is 0 Å². The summed E-state index contributed by atoms with van der Waals surface area (Å²) in [4.78, 5) is 4.12. The maximum absolute atomic E-state index is 13.7. The van der Waals surface area contributed by atoms with Crippen molar-refractivity contribution in [3.63, 3.8) is 0 Å². The van der Waals surface area contributed by atoms with E-state index in [1.54, 1.807) is 18.2 Å². The van der Waals surface area contributed by atoms with Crippen molar-refractivity contribution < 1.29 is 13.5 Å². The van der Waals surface area contributed by atoms with E-state index in [4.69, 9.17) is 16.3 Å². The number of rotatable bonds is 5. The van der Waals surface area contributed by atoms with E-state index in [0.717, 1.165) is 12.1 Å². The van der Waals surface area contributed by atoms with Gasteiger partial charge in [-0.3, -0.25) is 0 Å². The zero-order valence-corrected chi connectivity index (χ0v) is 13.7. The van der Waals surface area contributed by atoms with Crippen molar-refractivity contribution in [3.05, 3.63) is 59.3 Å². The van der Waals surface area contributed by atoms with E-state index in [1.807, 2.05) is 0 Å². The molecule has 0 aliphatic rings. The maximum atomic E-state index is 13.7. The fourth-order valence-corrected chi connectivity index (χ4v) is 2.23. The van der Waals surface area contributed by atoms with Crippen LogP contribution in [-0.4, -0.2) is 22.3 Å². The molecule has 0 aliphatic heterocycles. The van der Waals surface area contributed by atoms with Crippen LogP contribution in [0, 0.1) is 11.6 Å². The Labute approximate surface area is 146 Å². The molecule has 1 aromatic heterocycles. The van der Waals surface area contributed by atoms with Gasteiger partial charge in [0.25, 0.3) is 0 Å². The third kappa shape index (κ3) is 3.92. The van der Waals surface area contributed by atoms with Gasteiger partial charge in [-0.1, -0.05) is 17.7 Å². The average molecular weight is 364 g/mol. The summed E-state index contributed by atoms with van der Waals surface area (Å²) < 4.78 is 32.6. The molecule has 0 bridgehead atoms. The second kappa shape index (κ2) is 7.27. The lowest BCUT2D eigenvalue weighted by Gasteiger charge is -2.11. The number of halogens is 3. The molecule has 0 saturated carbocycles. The van der Waals surface area contributed by atoms with Gasteiger partial charge in [0.15, 0.2) is 5.82 Å². The third-order valence-electron chi connectivity index (χ3n) is 3.18. The summed E-state index contributed by atoms with van der Waals surface area (Å²) in [6.07, 6.45) is 1.35. The number of aromatic nitrogens is 3. The number of nitrogens with zero attached hydrogens (tertiary/aromatic N) is 3. The molecule has 0 saturated heterocycles. The number of anilines is 4. The first-order valence-electron chi connectivity index (χ1n) is 7.08. The maximum Gasteiger partial charge on any atom is 0.249 e. The standard InChI is InChI=1S/C16H12ClF2N5O/c1-25-13-6-5-9(17)7-12(13)21-14-8-20-24-16(22-14)23-15-10(18)3-2-4-11(15)19/h2-8H,1H3,(H2,21,22,23,24). The molecule has 0 amide bonds. The summed E-state index contributed by atoms with van der Waals surface area (Å²) in [6.45, 7) is 0. The largest absolute Gasteiger partial charge is 0.495 e. The minimum Gasteiger partial charge on any atom is -0.495 e. The topological polar surface area (TPSA) is 72.0 Å². The molecule has 128 valence electrons. The molecule has 2 aromatic carbocycles. The van der Waals surface area contributed by atoms with Gasteiger partial charge in [-0.2, -0.15) is 10.1 Å². The highest BCUT2D eigenvalue weighted by Gasteiger charge is 2.11. The van der Waals surface area contributed by atoms with Crippen molar-refractivity contribution in [1.29, 1.82) is 0 Å². The summed E-state index contributed by atoms with van der Waals surface area (Å²) in [5.74, 6) is -0.778. The molecule has 0 unspecified atom stereocenters. The number of hydrogen-bond donors (Lipinski definition) is 2. The number of ether oxygens (including phenoxy) is 1. The molecule has 1 heterocycles. The lowest BCUT2D eigenvalue weighted by molar-refractivity contribution is 0.417. The molecule has 25 heavy (non-hydrogen) atoms. The van der Waals surface area contributed by atoms with E-state index < -0.39 is 11.6 Å². The van der Waals surface area contributed by atoms with Gasteiger partial charge in [-0.05, 0) is 30.3 Å². The van der Waals surface area contributed by atoms with Gasteiger partial charge in [-0.25, -0.2) is 8.78 Å². The van der Waals surface area contributed by atoms with E-state index in [-0.39, 0.29) is 17.5 Å². The van der Waals surface area contributed by atoms with Gasteiger partial charge in [0.05, 0.1) is 19.0 Å². The van der Waals surface area contributed by atoms with E-state index in [0.29, 0.717) is 16.5 Å². The van der Waals surface area contributed by atoms with Crippen molar-refractivity contribution in [3.8, 4) is 5.75 Å². The fourth-order valence-electron chi connectivity index (χ4n) is 2.06. The van der Waals surface area contributed by atoms with Gasteiger partial charge in [-0.15, -0.1) is 5.10 Å². The Morgan fingerprint density at radius 3 is 2.56 bits per heavy atom. The molecule has 0 atom stereocenters. The Balaban J connectivity index is 1.86. The first-order valence-corrected chi connectivity index (χ1v) is 7.46. The number of hydrogen-bond acceptors (Lipinski definition) is 6. The highest BCUT2D eigenvalue weighted by molar-refractivity contribution is 6.31. The molecule has 0 aliphatic carbocycles. The molecular formula is C16H12ClF2N5O. The fraction of sp³-hybridized carbons (Fsp3) is 0.0625. The SMILES string of the molecule is COc1ccc(Cl)cc1Nc1cnnc(Nc2c(F)cccc2F)n1. The zero-order valence-electron chi connectivity index (χ0n) is 12.9. The van der Waals surface area contributed by atoms with Crippen LogP contribution < -0.4 is 15.4 Å². The minimum absolute atomic E-state index is 0.0741. The number of nitrogens with one attached hydrogen (secondary N) is 2. The average Bonchev–Trinajstić information content (AvgIpc) is 2.59. The van der Waals surface area contributed by atoms with Gasteiger partial charge >= 0.3 is 0 Å². The smallest absolute Gasteiger partial charge is 0.249 e. The summed E-state index contributed by atoms with van der Waals surface area (Å²) in [5.41, 5.74) is 0.195. The Bertz CT molecular complexity index is 889. The number of benzene rings is 2. The van der Waals surface area contributed by atoms with Crippen molar-refractivity contribution in [2.24, 2.45) is 0 Å². The molecule has 3 rings (SSSR count). The molecule has 0 radical (unpaired) electrons. The van der Waals surface area contributed by atoms with Crippen LogP contribution in [0.15, 0.2) is 42.6 Å². The van der Waals surface area contributed by atoms with Crippen LogP contribution in [-0.2, 0) is 0 Å². The molecular weight excluding hydrogens is 352 g/mol. The van der Waals surface area contributed by atoms with E-state index in [2.05, 4.69) is 25.8 Å². The molecule has 0 spiro atoms. The summed E-state index contributed by atoms with van der Waals surface area (Å²) in [5, 5.41) is 13.4. The van der Waals surface area contributed by atoms with Crippen LogP contribution in [0.5, 0.6) is 5.75 Å². The first kappa shape index (κ1) is 16.8. The van der Waals surface area contributed by atoms with Crippen LogP contribution in [0.4, 0.5) is 31.9 Å². The Morgan fingerprint density at radius 1 is 1.08 bits per heavy atom. The summed E-state index contributed by atoms with van der Waals surface area (Å²) in [7, 11) is 1.51. The van der Waals surface area contributed by atoms with Crippen molar-refractivity contribution >= 4 is 34.7 Å². The molecule has 6 nitrogen and oxygen atoms in total. The summed E-state index contributed by atoms with van der Waals surface area (Å²) in [6, 6.07) is 8.52. The highest BCUT2D eigenvalue weighted by Crippen LogP contribution is 2.30. The minimum atomic E-state index is -0.765. The van der Waals surface area contributed by atoms with Crippen LogP contribution in [0.2, 0.25) is 5.02 Å². The van der Waals surface area contributed by atoms with Crippen molar-refractivity contribution in [2.75, 3.05) is 17.7 Å².